The van der Waals surface area contributed by atoms with E-state index in [9.17, 15) is 4.79 Å². The molecule has 22 heavy (non-hydrogen) atoms. The van der Waals surface area contributed by atoms with Crippen LogP contribution in [0.25, 0.3) is 0 Å². The smallest absolute Gasteiger partial charge is 0.226 e. The highest BCUT2D eigenvalue weighted by molar-refractivity contribution is 9.10. The molecule has 0 aliphatic heterocycles. The molecule has 0 aromatic heterocycles. The molecule has 0 radical (unpaired) electrons. The first kappa shape index (κ1) is 16.6. The summed E-state index contributed by atoms with van der Waals surface area (Å²) >= 11 is 3.47. The minimum Gasteiger partial charge on any atom is -0.384 e. The van der Waals surface area contributed by atoms with Gasteiger partial charge >= 0.3 is 0 Å². The van der Waals surface area contributed by atoms with Crippen molar-refractivity contribution in [2.24, 2.45) is 0 Å². The van der Waals surface area contributed by atoms with Crippen molar-refractivity contribution in [3.05, 3.63) is 57.6 Å². The predicted octanol–water partition coefficient (Wildman–Crippen LogP) is 4.82. The lowest BCUT2D eigenvalue weighted by Crippen LogP contribution is -2.16. The lowest BCUT2D eigenvalue weighted by molar-refractivity contribution is -0.115. The van der Waals surface area contributed by atoms with E-state index >= 15 is 0 Å². The SMILES string of the molecule is Cc1ccc(NCCC(=O)Nc2ccc(C)c(Br)c2)c(C)c1. The molecular formula is C18H21BrN2O. The average Bonchev–Trinajstić information content (AvgIpc) is 2.45. The van der Waals surface area contributed by atoms with Crippen LogP contribution < -0.4 is 10.6 Å². The number of carbonyl (C=O) groups is 1. The molecule has 2 aromatic carbocycles. The van der Waals surface area contributed by atoms with Crippen LogP contribution in [-0.4, -0.2) is 12.5 Å². The van der Waals surface area contributed by atoms with Gasteiger partial charge in [-0.15, -0.1) is 0 Å². The second kappa shape index (κ2) is 7.45. The Balaban J connectivity index is 1.83. The molecule has 0 spiro atoms. The molecule has 3 nitrogen and oxygen atoms in total. The molecule has 0 aliphatic carbocycles. The molecule has 1 amide bonds. The molecule has 0 atom stereocenters. The van der Waals surface area contributed by atoms with Crippen molar-refractivity contribution < 1.29 is 4.79 Å². The number of hydrogen-bond donors (Lipinski definition) is 2. The van der Waals surface area contributed by atoms with Crippen LogP contribution in [-0.2, 0) is 4.79 Å². The molecule has 2 rings (SSSR count). The normalized spacial score (nSPS) is 10.4. The second-order valence-corrected chi connectivity index (χ2v) is 6.36. The molecule has 4 heteroatoms. The molecule has 2 N–H and O–H groups in total. The van der Waals surface area contributed by atoms with Crippen LogP contribution in [0.1, 0.15) is 23.1 Å². The Labute approximate surface area is 140 Å². The quantitative estimate of drug-likeness (QED) is 0.802. The van der Waals surface area contributed by atoms with Crippen molar-refractivity contribution in [3.63, 3.8) is 0 Å². The van der Waals surface area contributed by atoms with E-state index in [0.717, 1.165) is 21.4 Å². The lowest BCUT2D eigenvalue weighted by atomic mass is 10.1. The maximum absolute atomic E-state index is 12.0. The third kappa shape index (κ3) is 4.60. The molecule has 0 saturated heterocycles. The molecule has 0 fully saturated rings. The molecule has 0 unspecified atom stereocenters. The topological polar surface area (TPSA) is 41.1 Å². The van der Waals surface area contributed by atoms with Gasteiger partial charge in [-0.2, -0.15) is 0 Å². The van der Waals surface area contributed by atoms with Crippen molar-refractivity contribution in [1.29, 1.82) is 0 Å². The molecule has 116 valence electrons. The average molecular weight is 361 g/mol. The minimum absolute atomic E-state index is 0.00742. The summed E-state index contributed by atoms with van der Waals surface area (Å²) in [6.45, 7) is 6.77. The zero-order chi connectivity index (χ0) is 16.1. The van der Waals surface area contributed by atoms with Crippen LogP contribution in [0.5, 0.6) is 0 Å². The van der Waals surface area contributed by atoms with E-state index in [1.165, 1.54) is 11.1 Å². The van der Waals surface area contributed by atoms with E-state index in [0.29, 0.717) is 13.0 Å². The maximum Gasteiger partial charge on any atom is 0.226 e. The van der Waals surface area contributed by atoms with Crippen molar-refractivity contribution in [3.8, 4) is 0 Å². The van der Waals surface area contributed by atoms with Gasteiger partial charge in [0.15, 0.2) is 0 Å². The number of rotatable bonds is 5. The van der Waals surface area contributed by atoms with Crippen LogP contribution in [0.3, 0.4) is 0 Å². The van der Waals surface area contributed by atoms with Crippen LogP contribution in [0.15, 0.2) is 40.9 Å². The molecule has 0 saturated carbocycles. The van der Waals surface area contributed by atoms with Crippen molar-refractivity contribution in [2.75, 3.05) is 17.2 Å². The number of aryl methyl sites for hydroxylation is 3. The largest absolute Gasteiger partial charge is 0.384 e. The number of benzene rings is 2. The first-order valence-corrected chi connectivity index (χ1v) is 8.12. The summed E-state index contributed by atoms with van der Waals surface area (Å²) in [6.07, 6.45) is 0.429. The summed E-state index contributed by atoms with van der Waals surface area (Å²) in [5.74, 6) is 0.00742. The van der Waals surface area contributed by atoms with Gasteiger partial charge in [0.05, 0.1) is 0 Å². The first-order chi connectivity index (χ1) is 10.5. The summed E-state index contributed by atoms with van der Waals surface area (Å²) in [7, 11) is 0. The fourth-order valence-corrected chi connectivity index (χ4v) is 2.60. The van der Waals surface area contributed by atoms with Gasteiger partial charge in [0.25, 0.3) is 0 Å². The number of amides is 1. The number of nitrogens with one attached hydrogen (secondary N) is 2. The Kier molecular flexibility index (Phi) is 5.61. The molecule has 0 heterocycles. The summed E-state index contributed by atoms with van der Waals surface area (Å²) in [5.41, 5.74) is 5.48. The summed E-state index contributed by atoms with van der Waals surface area (Å²) < 4.78 is 0.999. The van der Waals surface area contributed by atoms with E-state index in [-0.39, 0.29) is 5.91 Å². The first-order valence-electron chi connectivity index (χ1n) is 7.33. The Morgan fingerprint density at radius 1 is 1.05 bits per heavy atom. The van der Waals surface area contributed by atoms with Gasteiger partial charge in [0.2, 0.25) is 5.91 Å². The highest BCUT2D eigenvalue weighted by Gasteiger charge is 2.04. The van der Waals surface area contributed by atoms with Crippen LogP contribution in [0.4, 0.5) is 11.4 Å². The van der Waals surface area contributed by atoms with Crippen LogP contribution in [0.2, 0.25) is 0 Å². The van der Waals surface area contributed by atoms with Crippen molar-refractivity contribution in [1.82, 2.24) is 0 Å². The Hall–Kier alpha value is -1.81. The van der Waals surface area contributed by atoms with Crippen molar-refractivity contribution >= 4 is 33.2 Å². The van der Waals surface area contributed by atoms with E-state index in [2.05, 4.69) is 58.6 Å². The highest BCUT2D eigenvalue weighted by Crippen LogP contribution is 2.21. The van der Waals surface area contributed by atoms with Gasteiger partial charge in [-0.3, -0.25) is 4.79 Å². The minimum atomic E-state index is 0.00742. The number of carbonyl (C=O) groups excluding carboxylic acids is 1. The maximum atomic E-state index is 12.0. The Morgan fingerprint density at radius 3 is 2.50 bits per heavy atom. The summed E-state index contributed by atoms with van der Waals surface area (Å²) in [6, 6.07) is 12.1. The zero-order valence-electron chi connectivity index (χ0n) is 13.2. The standard InChI is InChI=1S/C18H21BrN2O/c1-12-4-7-17(14(3)10-12)20-9-8-18(22)21-15-6-5-13(2)16(19)11-15/h4-7,10-11,20H,8-9H2,1-3H3,(H,21,22). The highest BCUT2D eigenvalue weighted by atomic mass is 79.9. The lowest BCUT2D eigenvalue weighted by Gasteiger charge is -2.11. The number of hydrogen-bond acceptors (Lipinski definition) is 2. The Morgan fingerprint density at radius 2 is 1.82 bits per heavy atom. The monoisotopic (exact) mass is 360 g/mol. The fourth-order valence-electron chi connectivity index (χ4n) is 2.22. The van der Waals surface area contributed by atoms with E-state index in [1.807, 2.05) is 25.1 Å². The van der Waals surface area contributed by atoms with Gasteiger partial charge in [0.1, 0.15) is 0 Å². The second-order valence-electron chi connectivity index (χ2n) is 5.51. The van der Waals surface area contributed by atoms with E-state index in [4.69, 9.17) is 0 Å². The Bertz CT molecular complexity index is 683. The van der Waals surface area contributed by atoms with Gasteiger partial charge in [-0.05, 0) is 50.1 Å². The molecule has 2 aromatic rings. The molecule has 0 aliphatic rings. The van der Waals surface area contributed by atoms with Gasteiger partial charge < -0.3 is 10.6 Å². The van der Waals surface area contributed by atoms with Gasteiger partial charge in [-0.1, -0.05) is 39.7 Å². The third-order valence-corrected chi connectivity index (χ3v) is 4.36. The van der Waals surface area contributed by atoms with Gasteiger partial charge in [-0.25, -0.2) is 0 Å². The van der Waals surface area contributed by atoms with Crippen LogP contribution >= 0.6 is 15.9 Å². The number of halogens is 1. The van der Waals surface area contributed by atoms with E-state index in [1.54, 1.807) is 0 Å². The van der Waals surface area contributed by atoms with Crippen LogP contribution in [0, 0.1) is 20.8 Å². The third-order valence-electron chi connectivity index (χ3n) is 3.51. The molecular weight excluding hydrogens is 340 g/mol. The predicted molar refractivity (Wildman–Crippen MR) is 96.5 cm³/mol. The zero-order valence-corrected chi connectivity index (χ0v) is 14.8. The van der Waals surface area contributed by atoms with Gasteiger partial charge in [0, 0.05) is 28.8 Å². The number of anilines is 2. The van der Waals surface area contributed by atoms with E-state index < -0.39 is 0 Å². The van der Waals surface area contributed by atoms with Crippen molar-refractivity contribution in [2.45, 2.75) is 27.2 Å². The molecule has 0 bridgehead atoms. The fraction of sp³-hybridized carbons (Fsp3) is 0.278. The summed E-state index contributed by atoms with van der Waals surface area (Å²) in [5, 5.41) is 6.22. The summed E-state index contributed by atoms with van der Waals surface area (Å²) in [4.78, 5) is 12.0.